The van der Waals surface area contributed by atoms with Gasteiger partial charge >= 0.3 is 5.97 Å². The van der Waals surface area contributed by atoms with Gasteiger partial charge < -0.3 is 10.0 Å². The summed E-state index contributed by atoms with van der Waals surface area (Å²) in [5.41, 5.74) is 0.530. The second-order valence-electron chi connectivity index (χ2n) is 4.71. The zero-order chi connectivity index (χ0) is 13.8. The highest BCUT2D eigenvalue weighted by Crippen LogP contribution is 2.21. The minimum atomic E-state index is -0.912. The van der Waals surface area contributed by atoms with Gasteiger partial charge in [0.1, 0.15) is 6.04 Å². The molecule has 4 nitrogen and oxygen atoms in total. The lowest BCUT2D eigenvalue weighted by Gasteiger charge is -2.27. The number of rotatable bonds is 2. The third-order valence-electron chi connectivity index (χ3n) is 3.37. The summed E-state index contributed by atoms with van der Waals surface area (Å²) in [6.45, 7) is 0.516. The standard InChI is InChI=1S/C14H16BrNO3/c15-11-6-4-5-10(9-11)13(17)16-8-3-1-2-7-12(16)14(18)19/h4-6,9,12H,1-3,7-8H2,(H,18,19). The van der Waals surface area contributed by atoms with Crippen LogP contribution in [0.3, 0.4) is 0 Å². The van der Waals surface area contributed by atoms with Crippen LogP contribution in [0.4, 0.5) is 0 Å². The summed E-state index contributed by atoms with van der Waals surface area (Å²) in [5, 5.41) is 9.28. The van der Waals surface area contributed by atoms with Crippen LogP contribution in [0.2, 0.25) is 0 Å². The van der Waals surface area contributed by atoms with Crippen LogP contribution in [0.5, 0.6) is 0 Å². The van der Waals surface area contributed by atoms with E-state index in [4.69, 9.17) is 0 Å². The molecular weight excluding hydrogens is 310 g/mol. The number of hydrogen-bond acceptors (Lipinski definition) is 2. The third-order valence-corrected chi connectivity index (χ3v) is 3.86. The highest BCUT2D eigenvalue weighted by molar-refractivity contribution is 9.10. The third kappa shape index (κ3) is 3.35. The average Bonchev–Trinajstić information content (AvgIpc) is 2.63. The number of carbonyl (C=O) groups is 2. The Morgan fingerprint density at radius 3 is 2.74 bits per heavy atom. The van der Waals surface area contributed by atoms with Gasteiger partial charge in [-0.2, -0.15) is 0 Å². The lowest BCUT2D eigenvalue weighted by Crippen LogP contribution is -2.44. The van der Waals surface area contributed by atoms with Crippen LogP contribution in [0.1, 0.15) is 36.0 Å². The number of benzene rings is 1. The Bertz CT molecular complexity index is 489. The molecule has 5 heteroatoms. The Labute approximate surface area is 120 Å². The zero-order valence-electron chi connectivity index (χ0n) is 10.5. The number of amides is 1. The Balaban J connectivity index is 2.26. The number of aliphatic carboxylic acids is 1. The lowest BCUT2D eigenvalue weighted by atomic mass is 10.1. The van der Waals surface area contributed by atoms with Crippen LogP contribution in [-0.4, -0.2) is 34.5 Å². The van der Waals surface area contributed by atoms with E-state index in [9.17, 15) is 14.7 Å². The maximum Gasteiger partial charge on any atom is 0.326 e. The summed E-state index contributed by atoms with van der Waals surface area (Å²) in [6.07, 6.45) is 3.24. The van der Waals surface area contributed by atoms with Gasteiger partial charge in [0.25, 0.3) is 5.91 Å². The van der Waals surface area contributed by atoms with Crippen molar-refractivity contribution in [2.75, 3.05) is 6.54 Å². The van der Waals surface area contributed by atoms with Gasteiger partial charge in [0.15, 0.2) is 0 Å². The SMILES string of the molecule is O=C(O)C1CCCCCN1C(=O)c1cccc(Br)c1. The molecule has 1 aliphatic heterocycles. The molecule has 1 unspecified atom stereocenters. The zero-order valence-corrected chi connectivity index (χ0v) is 12.1. The van der Waals surface area contributed by atoms with E-state index in [0.717, 1.165) is 23.7 Å². The first-order valence-corrected chi connectivity index (χ1v) is 7.18. The van der Waals surface area contributed by atoms with Gasteiger partial charge in [-0.1, -0.05) is 34.8 Å². The molecule has 1 atom stereocenters. The molecule has 0 saturated carbocycles. The van der Waals surface area contributed by atoms with Crippen molar-refractivity contribution in [3.05, 3.63) is 34.3 Å². The maximum atomic E-state index is 12.5. The molecule has 1 aromatic carbocycles. The second-order valence-corrected chi connectivity index (χ2v) is 5.63. The van der Waals surface area contributed by atoms with Gasteiger partial charge in [0.05, 0.1) is 0 Å². The molecule has 1 aliphatic rings. The van der Waals surface area contributed by atoms with Gasteiger partial charge in [-0.25, -0.2) is 4.79 Å². The number of hydrogen-bond donors (Lipinski definition) is 1. The molecule has 0 radical (unpaired) electrons. The molecule has 0 aliphatic carbocycles. The molecule has 1 N–H and O–H groups in total. The molecule has 1 amide bonds. The fraction of sp³-hybridized carbons (Fsp3) is 0.429. The van der Waals surface area contributed by atoms with Crippen LogP contribution >= 0.6 is 15.9 Å². The average molecular weight is 326 g/mol. The lowest BCUT2D eigenvalue weighted by molar-refractivity contribution is -0.142. The summed E-state index contributed by atoms with van der Waals surface area (Å²) in [5.74, 6) is -1.11. The summed E-state index contributed by atoms with van der Waals surface area (Å²) in [7, 11) is 0. The first kappa shape index (κ1) is 14.1. The molecule has 1 aromatic rings. The smallest absolute Gasteiger partial charge is 0.326 e. The Morgan fingerprint density at radius 2 is 2.05 bits per heavy atom. The van der Waals surface area contributed by atoms with E-state index in [1.165, 1.54) is 4.90 Å². The molecule has 19 heavy (non-hydrogen) atoms. The highest BCUT2D eigenvalue weighted by atomic mass is 79.9. The Morgan fingerprint density at radius 1 is 1.26 bits per heavy atom. The van der Waals surface area contributed by atoms with E-state index in [2.05, 4.69) is 15.9 Å². The summed E-state index contributed by atoms with van der Waals surface area (Å²) in [6, 6.07) is 6.37. The van der Waals surface area contributed by atoms with Crippen LogP contribution in [-0.2, 0) is 4.79 Å². The maximum absolute atomic E-state index is 12.5. The van der Waals surface area contributed by atoms with E-state index in [0.29, 0.717) is 18.5 Å². The van der Waals surface area contributed by atoms with Crippen LogP contribution in [0, 0.1) is 0 Å². The molecule has 1 saturated heterocycles. The first-order chi connectivity index (χ1) is 9.09. The summed E-state index contributed by atoms with van der Waals surface area (Å²) < 4.78 is 0.819. The number of halogens is 1. The fourth-order valence-corrected chi connectivity index (χ4v) is 2.79. The van der Waals surface area contributed by atoms with Crippen molar-refractivity contribution in [3.63, 3.8) is 0 Å². The van der Waals surface area contributed by atoms with E-state index in [1.807, 2.05) is 6.07 Å². The number of likely N-dealkylation sites (tertiary alicyclic amines) is 1. The van der Waals surface area contributed by atoms with Crippen molar-refractivity contribution in [3.8, 4) is 0 Å². The van der Waals surface area contributed by atoms with E-state index < -0.39 is 12.0 Å². The molecule has 0 bridgehead atoms. The van der Waals surface area contributed by atoms with Crippen molar-refractivity contribution >= 4 is 27.8 Å². The normalized spacial score (nSPS) is 19.8. The van der Waals surface area contributed by atoms with Crippen molar-refractivity contribution in [1.29, 1.82) is 0 Å². The Hall–Kier alpha value is -1.36. The minimum Gasteiger partial charge on any atom is -0.480 e. The van der Waals surface area contributed by atoms with Crippen molar-refractivity contribution in [2.45, 2.75) is 31.7 Å². The number of nitrogens with zero attached hydrogens (tertiary/aromatic N) is 1. The molecular formula is C14H16BrNO3. The monoisotopic (exact) mass is 325 g/mol. The summed E-state index contributed by atoms with van der Waals surface area (Å²) in [4.78, 5) is 25.3. The number of carboxylic acid groups (broad SMARTS) is 1. The van der Waals surface area contributed by atoms with E-state index in [1.54, 1.807) is 18.2 Å². The van der Waals surface area contributed by atoms with Gasteiger partial charge in [0.2, 0.25) is 0 Å². The number of carboxylic acids is 1. The topological polar surface area (TPSA) is 57.6 Å². The van der Waals surface area contributed by atoms with Gasteiger partial charge in [-0.3, -0.25) is 4.79 Å². The number of carbonyl (C=O) groups excluding carboxylic acids is 1. The van der Waals surface area contributed by atoms with Crippen LogP contribution in [0.15, 0.2) is 28.7 Å². The molecule has 2 rings (SSSR count). The van der Waals surface area contributed by atoms with E-state index in [-0.39, 0.29) is 5.91 Å². The van der Waals surface area contributed by atoms with Crippen molar-refractivity contribution < 1.29 is 14.7 Å². The molecule has 0 aromatic heterocycles. The predicted molar refractivity (Wildman–Crippen MR) is 75.1 cm³/mol. The van der Waals surface area contributed by atoms with Crippen LogP contribution in [0.25, 0.3) is 0 Å². The van der Waals surface area contributed by atoms with Crippen molar-refractivity contribution in [1.82, 2.24) is 4.90 Å². The van der Waals surface area contributed by atoms with Gasteiger partial charge in [-0.05, 0) is 31.0 Å². The second kappa shape index (κ2) is 6.19. The van der Waals surface area contributed by atoms with Crippen molar-refractivity contribution in [2.24, 2.45) is 0 Å². The molecule has 1 fully saturated rings. The highest BCUT2D eigenvalue weighted by Gasteiger charge is 2.31. The van der Waals surface area contributed by atoms with Gasteiger partial charge in [0, 0.05) is 16.6 Å². The first-order valence-electron chi connectivity index (χ1n) is 6.39. The van der Waals surface area contributed by atoms with Crippen LogP contribution < -0.4 is 0 Å². The van der Waals surface area contributed by atoms with Gasteiger partial charge in [-0.15, -0.1) is 0 Å². The molecule has 102 valence electrons. The Kier molecular flexibility index (Phi) is 4.58. The predicted octanol–water partition coefficient (Wildman–Crippen LogP) is 2.92. The quantitative estimate of drug-likeness (QED) is 0.909. The largest absolute Gasteiger partial charge is 0.480 e. The minimum absolute atomic E-state index is 0.199. The molecule has 1 heterocycles. The summed E-state index contributed by atoms with van der Waals surface area (Å²) >= 11 is 3.33. The molecule has 0 spiro atoms. The fourth-order valence-electron chi connectivity index (χ4n) is 2.40. The van der Waals surface area contributed by atoms with E-state index >= 15 is 0 Å².